The first-order chi connectivity index (χ1) is 11.4. The van der Waals surface area contributed by atoms with Crippen LogP contribution >= 0.6 is 22.9 Å². The fourth-order valence-electron chi connectivity index (χ4n) is 2.32. The van der Waals surface area contributed by atoms with Crippen LogP contribution in [-0.4, -0.2) is 23.7 Å². The lowest BCUT2D eigenvalue weighted by molar-refractivity contribution is 0.587. The molecule has 0 N–H and O–H groups in total. The quantitative estimate of drug-likeness (QED) is 0.679. The van der Waals surface area contributed by atoms with Gasteiger partial charge in [-0.1, -0.05) is 18.5 Å². The summed E-state index contributed by atoms with van der Waals surface area (Å²) >= 11 is 7.26. The second-order valence-electron chi connectivity index (χ2n) is 5.30. The minimum absolute atomic E-state index is 0.0596. The van der Waals surface area contributed by atoms with Crippen molar-refractivity contribution in [2.75, 3.05) is 5.75 Å². The van der Waals surface area contributed by atoms with E-state index in [1.54, 1.807) is 0 Å². The summed E-state index contributed by atoms with van der Waals surface area (Å²) in [6, 6.07) is 7.83. The van der Waals surface area contributed by atoms with Gasteiger partial charge in [0.05, 0.1) is 22.4 Å². The van der Waals surface area contributed by atoms with Gasteiger partial charge in [-0.3, -0.25) is 9.36 Å². The smallest absolute Gasteiger partial charge is 0.262 e. The summed E-state index contributed by atoms with van der Waals surface area (Å²) in [7, 11) is -3.49. The van der Waals surface area contributed by atoms with Gasteiger partial charge in [-0.25, -0.2) is 13.4 Å². The van der Waals surface area contributed by atoms with Crippen molar-refractivity contribution in [3.8, 4) is 0 Å². The van der Waals surface area contributed by atoms with Crippen LogP contribution in [0.4, 0.5) is 0 Å². The number of rotatable bonds is 5. The molecule has 0 saturated carbocycles. The van der Waals surface area contributed by atoms with E-state index in [4.69, 9.17) is 11.6 Å². The summed E-state index contributed by atoms with van der Waals surface area (Å²) in [5, 5.41) is 1.02. The van der Waals surface area contributed by atoms with Crippen LogP contribution in [0, 0.1) is 0 Å². The Kier molecular flexibility index (Phi) is 4.76. The monoisotopic (exact) mass is 382 g/mol. The van der Waals surface area contributed by atoms with Crippen molar-refractivity contribution in [3.05, 3.63) is 56.9 Å². The van der Waals surface area contributed by atoms with Crippen molar-refractivity contribution in [3.63, 3.8) is 0 Å². The highest BCUT2D eigenvalue weighted by Crippen LogP contribution is 2.21. The molecule has 3 rings (SSSR count). The third-order valence-corrected chi connectivity index (χ3v) is 6.84. The molecule has 0 spiro atoms. The number of halogens is 1. The maximum absolute atomic E-state index is 12.5. The van der Waals surface area contributed by atoms with Gasteiger partial charge in [0.25, 0.3) is 5.56 Å². The lowest BCUT2D eigenvalue weighted by atomic mass is 10.3. The van der Waals surface area contributed by atoms with Gasteiger partial charge >= 0.3 is 0 Å². The maximum Gasteiger partial charge on any atom is 0.262 e. The predicted octanol–water partition coefficient (Wildman–Crippen LogP) is 3.15. The molecule has 0 aliphatic carbocycles. The van der Waals surface area contributed by atoms with Crippen LogP contribution in [-0.2, 0) is 22.8 Å². The Morgan fingerprint density at radius 1 is 1.25 bits per heavy atom. The summed E-state index contributed by atoms with van der Waals surface area (Å²) in [6.07, 6.45) is 2.25. The van der Waals surface area contributed by atoms with Gasteiger partial charge < -0.3 is 0 Å². The van der Waals surface area contributed by atoms with E-state index in [1.165, 1.54) is 46.5 Å². The van der Waals surface area contributed by atoms with E-state index in [9.17, 15) is 13.2 Å². The Balaban J connectivity index is 1.86. The molecule has 0 saturated heterocycles. The molecule has 3 aromatic rings. The molecule has 0 bridgehead atoms. The summed E-state index contributed by atoms with van der Waals surface area (Å²) in [5.74, 6) is -0.174. The fourth-order valence-corrected chi connectivity index (χ4v) is 4.60. The molecule has 0 atom stereocenters. The highest BCUT2D eigenvalue weighted by atomic mass is 35.5. The number of hydrogen-bond donors (Lipinski definition) is 0. The van der Waals surface area contributed by atoms with Crippen molar-refractivity contribution in [2.45, 2.75) is 24.8 Å². The van der Waals surface area contributed by atoms with Crippen LogP contribution in [0.2, 0.25) is 5.02 Å². The summed E-state index contributed by atoms with van der Waals surface area (Å²) in [6.45, 7) is 2.08. The summed E-state index contributed by atoms with van der Waals surface area (Å²) in [5.41, 5.74) is -0.206. The number of hydrogen-bond acceptors (Lipinski definition) is 5. The second-order valence-corrected chi connectivity index (χ2v) is 8.96. The minimum atomic E-state index is -3.49. The molecular formula is C16H15ClN2O3S2. The average molecular weight is 383 g/mol. The lowest BCUT2D eigenvalue weighted by Crippen LogP contribution is -2.24. The van der Waals surface area contributed by atoms with Crippen molar-refractivity contribution in [1.82, 2.24) is 9.55 Å². The van der Waals surface area contributed by atoms with E-state index in [0.29, 0.717) is 15.2 Å². The fraction of sp³-hybridized carbons (Fsp3) is 0.250. The molecule has 5 nitrogen and oxygen atoms in total. The number of thiophene rings is 1. The molecule has 0 amide bonds. The van der Waals surface area contributed by atoms with Gasteiger partial charge in [0.2, 0.25) is 0 Å². The minimum Gasteiger partial charge on any atom is -0.298 e. The first-order valence-corrected chi connectivity index (χ1v) is 10.2. The largest absolute Gasteiger partial charge is 0.298 e. The predicted molar refractivity (Wildman–Crippen MR) is 96.8 cm³/mol. The van der Waals surface area contributed by atoms with E-state index in [0.717, 1.165) is 11.3 Å². The number of sulfone groups is 1. The molecule has 0 unspecified atom stereocenters. The number of fused-ring (bicyclic) bond motifs is 1. The van der Waals surface area contributed by atoms with E-state index in [1.807, 2.05) is 13.0 Å². The zero-order valence-electron chi connectivity index (χ0n) is 12.9. The zero-order valence-corrected chi connectivity index (χ0v) is 15.3. The van der Waals surface area contributed by atoms with Gasteiger partial charge in [0, 0.05) is 16.4 Å². The van der Waals surface area contributed by atoms with Gasteiger partial charge in [0.15, 0.2) is 9.84 Å². The number of aromatic nitrogens is 2. The van der Waals surface area contributed by atoms with E-state index < -0.39 is 9.84 Å². The normalized spacial score (nSPS) is 11.9. The molecular weight excluding hydrogens is 368 g/mol. The number of nitrogens with zero attached hydrogens (tertiary/aromatic N) is 2. The van der Waals surface area contributed by atoms with Crippen molar-refractivity contribution < 1.29 is 8.42 Å². The van der Waals surface area contributed by atoms with Crippen molar-refractivity contribution in [2.24, 2.45) is 0 Å². The van der Waals surface area contributed by atoms with Crippen LogP contribution < -0.4 is 5.56 Å². The standard InChI is InChI=1S/C16H15ClN2O3S2/c1-2-12-9-14-15(23-12)18-10-19(16(14)20)7-8-24(21,22)13-5-3-11(17)4-6-13/h3-6,9-10H,2,7-8H2,1H3. The Morgan fingerprint density at radius 2 is 1.96 bits per heavy atom. The topological polar surface area (TPSA) is 69.0 Å². The van der Waals surface area contributed by atoms with E-state index in [2.05, 4.69) is 4.98 Å². The van der Waals surface area contributed by atoms with Gasteiger partial charge in [-0.05, 0) is 36.8 Å². The lowest BCUT2D eigenvalue weighted by Gasteiger charge is -2.07. The first kappa shape index (κ1) is 17.1. The SMILES string of the molecule is CCc1cc2c(=O)n(CCS(=O)(=O)c3ccc(Cl)cc3)cnc2s1. The van der Waals surface area contributed by atoms with Gasteiger partial charge in [-0.2, -0.15) is 0 Å². The van der Waals surface area contributed by atoms with Crippen molar-refractivity contribution in [1.29, 1.82) is 0 Å². The average Bonchev–Trinajstić information content (AvgIpc) is 2.99. The highest BCUT2D eigenvalue weighted by Gasteiger charge is 2.16. The number of aryl methyl sites for hydroxylation is 2. The third kappa shape index (κ3) is 3.38. The molecule has 2 heterocycles. The van der Waals surface area contributed by atoms with Crippen molar-refractivity contribution >= 4 is 43.0 Å². The molecule has 0 fully saturated rings. The van der Waals surface area contributed by atoms with Crippen LogP contribution in [0.1, 0.15) is 11.8 Å². The first-order valence-electron chi connectivity index (χ1n) is 7.37. The highest BCUT2D eigenvalue weighted by molar-refractivity contribution is 7.91. The molecule has 0 aliphatic heterocycles. The van der Waals surface area contributed by atoms with E-state index in [-0.39, 0.29) is 22.8 Å². The van der Waals surface area contributed by atoms with Crippen LogP contribution in [0.3, 0.4) is 0 Å². The van der Waals surface area contributed by atoms with Crippen LogP contribution in [0.25, 0.3) is 10.2 Å². The number of benzene rings is 1. The second kappa shape index (κ2) is 6.66. The van der Waals surface area contributed by atoms with E-state index >= 15 is 0 Å². The molecule has 8 heteroatoms. The van der Waals surface area contributed by atoms with Gasteiger partial charge in [-0.15, -0.1) is 11.3 Å². The third-order valence-electron chi connectivity index (χ3n) is 3.69. The van der Waals surface area contributed by atoms with Crippen LogP contribution in [0.15, 0.2) is 46.3 Å². The molecule has 0 aliphatic rings. The Hall–Kier alpha value is -1.70. The molecule has 126 valence electrons. The zero-order chi connectivity index (χ0) is 17.3. The Morgan fingerprint density at radius 3 is 2.62 bits per heavy atom. The Bertz CT molecular complexity index is 1040. The Labute approximate surface area is 148 Å². The molecule has 0 radical (unpaired) electrons. The summed E-state index contributed by atoms with van der Waals surface area (Å²) < 4.78 is 26.1. The van der Waals surface area contributed by atoms with Gasteiger partial charge in [0.1, 0.15) is 4.83 Å². The maximum atomic E-state index is 12.5. The molecule has 1 aromatic carbocycles. The molecule has 24 heavy (non-hydrogen) atoms. The van der Waals surface area contributed by atoms with Crippen LogP contribution in [0.5, 0.6) is 0 Å². The molecule has 2 aromatic heterocycles. The summed E-state index contributed by atoms with van der Waals surface area (Å²) in [4.78, 5) is 18.7.